The Hall–Kier alpha value is -2.42. The second-order valence-corrected chi connectivity index (χ2v) is 8.58. The Morgan fingerprint density at radius 1 is 1.00 bits per heavy atom. The summed E-state index contributed by atoms with van der Waals surface area (Å²) in [4.78, 5) is 14.8. The van der Waals surface area contributed by atoms with Gasteiger partial charge in [0, 0.05) is 31.9 Å². The number of nitrogens with zero attached hydrogens (tertiary/aromatic N) is 2. The molecular formula is C20H25N3O4S. The van der Waals surface area contributed by atoms with E-state index in [9.17, 15) is 13.2 Å². The van der Waals surface area contributed by atoms with Gasteiger partial charge in [-0.15, -0.1) is 0 Å². The van der Waals surface area contributed by atoms with Gasteiger partial charge >= 0.3 is 0 Å². The summed E-state index contributed by atoms with van der Waals surface area (Å²) in [5, 5.41) is 2.89. The molecule has 0 bridgehead atoms. The first kappa shape index (κ1) is 20.3. The average Bonchev–Trinajstić information content (AvgIpc) is 2.74. The highest BCUT2D eigenvalue weighted by molar-refractivity contribution is 7.89. The van der Waals surface area contributed by atoms with Crippen molar-refractivity contribution in [2.45, 2.75) is 17.9 Å². The van der Waals surface area contributed by atoms with Gasteiger partial charge in [-0.1, -0.05) is 18.2 Å². The number of ether oxygens (including phenoxy) is 1. The van der Waals surface area contributed by atoms with Crippen LogP contribution in [0.15, 0.2) is 59.5 Å². The van der Waals surface area contributed by atoms with Gasteiger partial charge in [0.25, 0.3) is 0 Å². The number of methoxy groups -OCH3 is 1. The van der Waals surface area contributed by atoms with E-state index in [-0.39, 0.29) is 11.9 Å². The molecule has 1 atom stereocenters. The van der Waals surface area contributed by atoms with E-state index in [1.165, 1.54) is 4.31 Å². The van der Waals surface area contributed by atoms with E-state index in [4.69, 9.17) is 4.74 Å². The molecule has 1 aliphatic rings. The summed E-state index contributed by atoms with van der Waals surface area (Å²) in [6.45, 7) is 3.56. The maximum Gasteiger partial charge on any atom is 0.243 e. The van der Waals surface area contributed by atoms with E-state index in [0.717, 1.165) is 5.75 Å². The zero-order valence-corrected chi connectivity index (χ0v) is 16.9. The molecule has 1 saturated heterocycles. The van der Waals surface area contributed by atoms with Gasteiger partial charge in [-0.25, -0.2) is 8.42 Å². The molecule has 7 nitrogen and oxygen atoms in total. The van der Waals surface area contributed by atoms with Crippen molar-refractivity contribution in [2.75, 3.05) is 38.6 Å². The third-order valence-electron chi connectivity index (χ3n) is 4.94. The van der Waals surface area contributed by atoms with Crippen LogP contribution in [0, 0.1) is 0 Å². The van der Waals surface area contributed by atoms with Crippen molar-refractivity contribution < 1.29 is 17.9 Å². The number of rotatable bonds is 6. The molecule has 1 N–H and O–H groups in total. The van der Waals surface area contributed by atoms with Crippen LogP contribution < -0.4 is 10.1 Å². The average molecular weight is 404 g/mol. The predicted molar refractivity (Wildman–Crippen MR) is 108 cm³/mol. The van der Waals surface area contributed by atoms with Crippen LogP contribution in [-0.2, 0) is 14.8 Å². The highest BCUT2D eigenvalue weighted by Gasteiger charge is 2.31. The number of nitrogens with one attached hydrogen (secondary N) is 1. The van der Waals surface area contributed by atoms with E-state index < -0.39 is 10.0 Å². The van der Waals surface area contributed by atoms with Gasteiger partial charge < -0.3 is 10.1 Å². The van der Waals surface area contributed by atoms with Crippen LogP contribution in [0.25, 0.3) is 0 Å². The Morgan fingerprint density at radius 2 is 1.61 bits per heavy atom. The van der Waals surface area contributed by atoms with Crippen LogP contribution in [0.4, 0.5) is 5.69 Å². The first-order valence-electron chi connectivity index (χ1n) is 9.16. The minimum Gasteiger partial charge on any atom is -0.497 e. The molecule has 28 heavy (non-hydrogen) atoms. The van der Waals surface area contributed by atoms with Crippen molar-refractivity contribution in [1.82, 2.24) is 9.21 Å². The number of carbonyl (C=O) groups is 1. The first-order chi connectivity index (χ1) is 13.4. The number of amides is 1. The maximum absolute atomic E-state index is 12.7. The summed E-state index contributed by atoms with van der Waals surface area (Å²) in [5.41, 5.74) is 0.697. The van der Waals surface area contributed by atoms with Crippen LogP contribution in [-0.4, -0.2) is 62.9 Å². The van der Waals surface area contributed by atoms with Gasteiger partial charge in [0.2, 0.25) is 15.9 Å². The molecular weight excluding hydrogens is 378 g/mol. The lowest BCUT2D eigenvalue weighted by Gasteiger charge is -2.36. The van der Waals surface area contributed by atoms with Crippen molar-refractivity contribution in [1.29, 1.82) is 0 Å². The van der Waals surface area contributed by atoms with Gasteiger partial charge in [-0.2, -0.15) is 4.31 Å². The summed E-state index contributed by atoms with van der Waals surface area (Å²) in [6.07, 6.45) is 0. The molecule has 2 aromatic rings. The standard InChI is InChI=1S/C20H25N3O4S/c1-16(20(24)21-17-8-10-18(27-2)11-9-17)22-12-14-23(15-13-22)28(25,26)19-6-4-3-5-7-19/h3-11,16H,12-15H2,1-2H3,(H,21,24)/t16-/m1/s1. The summed E-state index contributed by atoms with van der Waals surface area (Å²) < 4.78 is 32.0. The van der Waals surface area contributed by atoms with Crippen LogP contribution >= 0.6 is 0 Å². The monoisotopic (exact) mass is 403 g/mol. The Morgan fingerprint density at radius 3 is 2.18 bits per heavy atom. The topological polar surface area (TPSA) is 79.0 Å². The predicted octanol–water partition coefficient (Wildman–Crippen LogP) is 2.03. The molecule has 0 spiro atoms. The second-order valence-electron chi connectivity index (χ2n) is 6.65. The Balaban J connectivity index is 1.57. The fraction of sp³-hybridized carbons (Fsp3) is 0.350. The third kappa shape index (κ3) is 4.52. The largest absolute Gasteiger partial charge is 0.497 e. The van der Waals surface area contributed by atoms with Crippen LogP contribution in [0.5, 0.6) is 5.75 Å². The quantitative estimate of drug-likeness (QED) is 0.798. The van der Waals surface area contributed by atoms with Crippen LogP contribution in [0.3, 0.4) is 0 Å². The summed E-state index contributed by atoms with van der Waals surface area (Å²) in [5.74, 6) is 0.603. The number of carbonyl (C=O) groups excluding carboxylic acids is 1. The van der Waals surface area contributed by atoms with Gasteiger partial charge in [-0.3, -0.25) is 9.69 Å². The zero-order chi connectivity index (χ0) is 20.1. The van der Waals surface area contributed by atoms with Crippen LogP contribution in [0.1, 0.15) is 6.92 Å². The van der Waals surface area contributed by atoms with E-state index >= 15 is 0 Å². The molecule has 150 valence electrons. The van der Waals surface area contributed by atoms with Crippen molar-refractivity contribution in [3.63, 3.8) is 0 Å². The van der Waals surface area contributed by atoms with Crippen molar-refractivity contribution in [3.05, 3.63) is 54.6 Å². The highest BCUT2D eigenvalue weighted by Crippen LogP contribution is 2.19. The lowest BCUT2D eigenvalue weighted by atomic mass is 10.2. The molecule has 0 aromatic heterocycles. The fourth-order valence-electron chi connectivity index (χ4n) is 3.16. The zero-order valence-electron chi connectivity index (χ0n) is 16.0. The van der Waals surface area contributed by atoms with E-state index in [2.05, 4.69) is 5.32 Å². The van der Waals surface area contributed by atoms with Crippen molar-refractivity contribution in [2.24, 2.45) is 0 Å². The normalized spacial score (nSPS) is 17.1. The Bertz CT molecular complexity index is 893. The van der Waals surface area contributed by atoms with Crippen molar-refractivity contribution >= 4 is 21.6 Å². The van der Waals surface area contributed by atoms with Gasteiger partial charge in [0.15, 0.2) is 0 Å². The third-order valence-corrected chi connectivity index (χ3v) is 6.85. The molecule has 1 fully saturated rings. The SMILES string of the molecule is COc1ccc(NC(=O)[C@@H](C)N2CCN(S(=O)(=O)c3ccccc3)CC2)cc1. The lowest BCUT2D eigenvalue weighted by molar-refractivity contribution is -0.121. The minimum absolute atomic E-state index is 0.121. The molecule has 8 heteroatoms. The molecule has 0 radical (unpaired) electrons. The second kappa shape index (κ2) is 8.72. The highest BCUT2D eigenvalue weighted by atomic mass is 32.2. The smallest absolute Gasteiger partial charge is 0.243 e. The van der Waals surface area contributed by atoms with E-state index in [1.54, 1.807) is 61.7 Å². The minimum atomic E-state index is -3.49. The summed E-state index contributed by atoms with van der Waals surface area (Å²) >= 11 is 0. The number of anilines is 1. The number of sulfonamides is 1. The first-order valence-corrected chi connectivity index (χ1v) is 10.6. The van der Waals surface area contributed by atoms with Gasteiger partial charge in [-0.05, 0) is 43.3 Å². The number of hydrogen-bond acceptors (Lipinski definition) is 5. The molecule has 0 unspecified atom stereocenters. The van der Waals surface area contributed by atoms with Gasteiger partial charge in [0.1, 0.15) is 5.75 Å². The molecule has 0 saturated carbocycles. The van der Waals surface area contributed by atoms with Crippen LogP contribution in [0.2, 0.25) is 0 Å². The Kier molecular flexibility index (Phi) is 6.33. The molecule has 1 amide bonds. The summed E-state index contributed by atoms with van der Waals surface area (Å²) in [6, 6.07) is 15.2. The lowest BCUT2D eigenvalue weighted by Crippen LogP contribution is -2.53. The number of benzene rings is 2. The maximum atomic E-state index is 12.7. The Labute approximate surface area is 166 Å². The fourth-order valence-corrected chi connectivity index (χ4v) is 4.60. The van der Waals surface area contributed by atoms with Crippen molar-refractivity contribution in [3.8, 4) is 5.75 Å². The van der Waals surface area contributed by atoms with E-state index in [0.29, 0.717) is 36.8 Å². The molecule has 3 rings (SSSR count). The molecule has 2 aromatic carbocycles. The number of piperazine rings is 1. The molecule has 0 aliphatic carbocycles. The molecule has 1 aliphatic heterocycles. The van der Waals surface area contributed by atoms with E-state index in [1.807, 2.05) is 11.8 Å². The van der Waals surface area contributed by atoms with Gasteiger partial charge in [0.05, 0.1) is 18.0 Å². The number of hydrogen-bond donors (Lipinski definition) is 1. The summed E-state index contributed by atoms with van der Waals surface area (Å²) in [7, 11) is -1.90. The molecule has 1 heterocycles.